The van der Waals surface area contributed by atoms with Crippen LogP contribution in [0.3, 0.4) is 0 Å². The van der Waals surface area contributed by atoms with Crippen LogP contribution in [0.15, 0.2) is 46.9 Å². The third-order valence-corrected chi connectivity index (χ3v) is 3.92. The molecular formula is C14H13BrINO. The van der Waals surface area contributed by atoms with Gasteiger partial charge in [-0.05, 0) is 71.5 Å². The fourth-order valence-corrected chi connectivity index (χ4v) is 2.66. The van der Waals surface area contributed by atoms with Crippen molar-refractivity contribution >= 4 is 38.5 Å². The molecule has 0 radical (unpaired) electrons. The van der Waals surface area contributed by atoms with Gasteiger partial charge in [-0.3, -0.25) is 0 Å². The molecule has 18 heavy (non-hydrogen) atoms. The Balaban J connectivity index is 2.20. The Morgan fingerprint density at radius 3 is 2.28 bits per heavy atom. The van der Waals surface area contributed by atoms with E-state index in [1.54, 1.807) is 0 Å². The Kier molecular flexibility index (Phi) is 4.64. The SMILES string of the molecule is C[C@@H](N)c1ccc(Oc2ccc(I)cc2)cc1Br. The zero-order chi connectivity index (χ0) is 13.1. The van der Waals surface area contributed by atoms with E-state index >= 15 is 0 Å². The molecule has 94 valence electrons. The number of benzene rings is 2. The molecule has 0 aromatic heterocycles. The van der Waals surface area contributed by atoms with Crippen molar-refractivity contribution in [2.45, 2.75) is 13.0 Å². The zero-order valence-corrected chi connectivity index (χ0v) is 13.6. The summed E-state index contributed by atoms with van der Waals surface area (Å²) in [7, 11) is 0. The van der Waals surface area contributed by atoms with E-state index in [1.807, 2.05) is 49.4 Å². The standard InChI is InChI=1S/C14H13BrINO/c1-9(17)13-7-6-12(8-14(13)15)18-11-4-2-10(16)3-5-11/h2-9H,17H2,1H3/t9-/m1/s1. The summed E-state index contributed by atoms with van der Waals surface area (Å²) in [4.78, 5) is 0. The average molecular weight is 418 g/mol. The first-order valence-electron chi connectivity index (χ1n) is 5.54. The number of halogens is 2. The van der Waals surface area contributed by atoms with Crippen LogP contribution in [0, 0.1) is 3.57 Å². The lowest BCUT2D eigenvalue weighted by atomic mass is 10.1. The first-order valence-corrected chi connectivity index (χ1v) is 7.42. The third kappa shape index (κ3) is 3.46. The van der Waals surface area contributed by atoms with Crippen molar-refractivity contribution in [3.05, 3.63) is 56.1 Å². The van der Waals surface area contributed by atoms with Gasteiger partial charge in [0.2, 0.25) is 0 Å². The van der Waals surface area contributed by atoms with Gasteiger partial charge in [0.25, 0.3) is 0 Å². The van der Waals surface area contributed by atoms with E-state index < -0.39 is 0 Å². The second-order valence-electron chi connectivity index (χ2n) is 4.03. The van der Waals surface area contributed by atoms with Gasteiger partial charge in [-0.2, -0.15) is 0 Å². The summed E-state index contributed by atoms with van der Waals surface area (Å²) >= 11 is 5.78. The number of hydrogen-bond donors (Lipinski definition) is 1. The monoisotopic (exact) mass is 417 g/mol. The fraction of sp³-hybridized carbons (Fsp3) is 0.143. The van der Waals surface area contributed by atoms with Crippen LogP contribution < -0.4 is 10.5 Å². The van der Waals surface area contributed by atoms with Gasteiger partial charge < -0.3 is 10.5 Å². The molecule has 0 bridgehead atoms. The fourth-order valence-electron chi connectivity index (χ4n) is 1.58. The van der Waals surface area contributed by atoms with Gasteiger partial charge in [-0.1, -0.05) is 22.0 Å². The van der Waals surface area contributed by atoms with E-state index in [0.29, 0.717) is 0 Å². The molecule has 2 aromatic rings. The third-order valence-electron chi connectivity index (χ3n) is 2.51. The van der Waals surface area contributed by atoms with Gasteiger partial charge in [0, 0.05) is 14.1 Å². The Hall–Kier alpha value is -0.590. The van der Waals surface area contributed by atoms with Gasteiger partial charge in [0.15, 0.2) is 0 Å². The Labute approximate surface area is 129 Å². The lowest BCUT2D eigenvalue weighted by Gasteiger charge is -2.11. The quantitative estimate of drug-likeness (QED) is 0.723. The lowest BCUT2D eigenvalue weighted by molar-refractivity contribution is 0.482. The van der Waals surface area contributed by atoms with Crippen molar-refractivity contribution in [2.24, 2.45) is 5.73 Å². The molecule has 0 aliphatic carbocycles. The predicted molar refractivity (Wildman–Crippen MR) is 86.0 cm³/mol. The molecule has 0 spiro atoms. The topological polar surface area (TPSA) is 35.2 Å². The summed E-state index contributed by atoms with van der Waals surface area (Å²) in [5, 5.41) is 0. The maximum Gasteiger partial charge on any atom is 0.128 e. The molecule has 0 amide bonds. The molecule has 0 heterocycles. The van der Waals surface area contributed by atoms with Crippen molar-refractivity contribution in [2.75, 3.05) is 0 Å². The number of nitrogens with two attached hydrogens (primary N) is 1. The average Bonchev–Trinajstić information content (AvgIpc) is 2.32. The largest absolute Gasteiger partial charge is 0.457 e. The first-order chi connectivity index (χ1) is 8.56. The van der Waals surface area contributed by atoms with E-state index in [0.717, 1.165) is 21.5 Å². The second-order valence-corrected chi connectivity index (χ2v) is 6.13. The highest BCUT2D eigenvalue weighted by atomic mass is 127. The van der Waals surface area contributed by atoms with E-state index in [-0.39, 0.29) is 6.04 Å². The second kappa shape index (κ2) is 6.04. The molecule has 0 fully saturated rings. The van der Waals surface area contributed by atoms with Gasteiger partial charge in [0.1, 0.15) is 11.5 Å². The van der Waals surface area contributed by atoms with Crippen LogP contribution >= 0.6 is 38.5 Å². The predicted octanol–water partition coefficient (Wildman–Crippen LogP) is 4.87. The highest BCUT2D eigenvalue weighted by Gasteiger charge is 2.06. The minimum Gasteiger partial charge on any atom is -0.457 e. The molecule has 2 nitrogen and oxygen atoms in total. The normalized spacial score (nSPS) is 12.2. The Morgan fingerprint density at radius 2 is 1.72 bits per heavy atom. The summed E-state index contributed by atoms with van der Waals surface area (Å²) in [5.74, 6) is 1.63. The van der Waals surface area contributed by atoms with Crippen molar-refractivity contribution in [1.29, 1.82) is 0 Å². The Morgan fingerprint density at radius 1 is 1.11 bits per heavy atom. The summed E-state index contributed by atoms with van der Waals surface area (Å²) < 4.78 is 7.94. The van der Waals surface area contributed by atoms with Crippen LogP contribution in [0.25, 0.3) is 0 Å². The molecule has 0 unspecified atom stereocenters. The summed E-state index contributed by atoms with van der Waals surface area (Å²) in [5.41, 5.74) is 6.94. The van der Waals surface area contributed by atoms with Crippen LogP contribution in [-0.4, -0.2) is 0 Å². The van der Waals surface area contributed by atoms with Gasteiger partial charge in [-0.15, -0.1) is 0 Å². The lowest BCUT2D eigenvalue weighted by Crippen LogP contribution is -2.05. The van der Waals surface area contributed by atoms with Gasteiger partial charge in [0.05, 0.1) is 0 Å². The van der Waals surface area contributed by atoms with E-state index in [4.69, 9.17) is 10.5 Å². The van der Waals surface area contributed by atoms with Crippen molar-refractivity contribution in [3.8, 4) is 11.5 Å². The van der Waals surface area contributed by atoms with Crippen molar-refractivity contribution < 1.29 is 4.74 Å². The molecule has 2 rings (SSSR count). The molecular weight excluding hydrogens is 405 g/mol. The molecule has 1 atom stereocenters. The Bertz CT molecular complexity index is 540. The minimum absolute atomic E-state index is 0.00623. The molecule has 4 heteroatoms. The van der Waals surface area contributed by atoms with Crippen LogP contribution in [0.4, 0.5) is 0 Å². The zero-order valence-electron chi connectivity index (χ0n) is 9.86. The van der Waals surface area contributed by atoms with Crippen LogP contribution in [0.5, 0.6) is 11.5 Å². The van der Waals surface area contributed by atoms with Crippen molar-refractivity contribution in [1.82, 2.24) is 0 Å². The van der Waals surface area contributed by atoms with Crippen molar-refractivity contribution in [3.63, 3.8) is 0 Å². The van der Waals surface area contributed by atoms with Gasteiger partial charge in [-0.25, -0.2) is 0 Å². The number of ether oxygens (including phenoxy) is 1. The highest BCUT2D eigenvalue weighted by Crippen LogP contribution is 2.29. The van der Waals surface area contributed by atoms with Crippen LogP contribution in [0.2, 0.25) is 0 Å². The number of rotatable bonds is 3. The maximum atomic E-state index is 5.86. The molecule has 2 N–H and O–H groups in total. The summed E-state index contributed by atoms with van der Waals surface area (Å²) in [6.07, 6.45) is 0. The van der Waals surface area contributed by atoms with E-state index in [1.165, 1.54) is 3.57 Å². The highest BCUT2D eigenvalue weighted by molar-refractivity contribution is 14.1. The molecule has 2 aromatic carbocycles. The van der Waals surface area contributed by atoms with Gasteiger partial charge >= 0.3 is 0 Å². The maximum absolute atomic E-state index is 5.86. The molecule has 0 saturated carbocycles. The van der Waals surface area contributed by atoms with E-state index in [2.05, 4.69) is 38.5 Å². The molecule has 0 aliphatic heterocycles. The smallest absolute Gasteiger partial charge is 0.128 e. The van der Waals surface area contributed by atoms with E-state index in [9.17, 15) is 0 Å². The molecule has 0 saturated heterocycles. The summed E-state index contributed by atoms with van der Waals surface area (Å²) in [6.45, 7) is 1.96. The molecule has 0 aliphatic rings. The van der Waals surface area contributed by atoms with Crippen LogP contribution in [0.1, 0.15) is 18.5 Å². The number of hydrogen-bond acceptors (Lipinski definition) is 2. The summed E-state index contributed by atoms with van der Waals surface area (Å²) in [6, 6.07) is 13.8. The minimum atomic E-state index is 0.00623. The van der Waals surface area contributed by atoms with Crippen LogP contribution in [-0.2, 0) is 0 Å². The first kappa shape index (κ1) is 13.8.